The number of anilines is 1. The Bertz CT molecular complexity index is 379. The monoisotopic (exact) mass is 243 g/mol. The second kappa shape index (κ2) is 5.31. The zero-order valence-corrected chi connectivity index (χ0v) is 9.66. The summed E-state index contributed by atoms with van der Waals surface area (Å²) < 4.78 is 34.5. The third-order valence-corrected chi connectivity index (χ3v) is 2.68. The van der Waals surface area contributed by atoms with Crippen molar-refractivity contribution in [1.29, 1.82) is 0 Å². The molecule has 0 bridgehead atoms. The molecule has 0 aromatic heterocycles. The number of ether oxygens (including phenoxy) is 2. The minimum atomic E-state index is -2.79. The zero-order valence-electron chi connectivity index (χ0n) is 9.66. The van der Waals surface area contributed by atoms with Gasteiger partial charge >= 0.3 is 6.61 Å². The quantitative estimate of drug-likeness (QED) is 0.813. The van der Waals surface area contributed by atoms with Crippen LogP contribution in [0.2, 0.25) is 0 Å². The first kappa shape index (κ1) is 12.1. The summed E-state index contributed by atoms with van der Waals surface area (Å²) >= 11 is 0. The Hall–Kier alpha value is -1.36. The number of hydrogen-bond acceptors (Lipinski definition) is 3. The van der Waals surface area contributed by atoms with Gasteiger partial charge in [0.05, 0.1) is 18.9 Å². The molecule has 5 heteroatoms. The molecule has 0 N–H and O–H groups in total. The lowest BCUT2D eigenvalue weighted by molar-refractivity contribution is -0.0496. The Kier molecular flexibility index (Phi) is 3.78. The first-order valence-electron chi connectivity index (χ1n) is 5.55. The van der Waals surface area contributed by atoms with Crippen LogP contribution < -0.4 is 9.64 Å². The van der Waals surface area contributed by atoms with E-state index in [1.54, 1.807) is 6.07 Å². The van der Waals surface area contributed by atoms with E-state index in [0.29, 0.717) is 32.0 Å². The van der Waals surface area contributed by atoms with E-state index >= 15 is 0 Å². The molecular weight excluding hydrogens is 228 g/mol. The van der Waals surface area contributed by atoms with Gasteiger partial charge in [-0.05, 0) is 24.6 Å². The van der Waals surface area contributed by atoms with Crippen molar-refractivity contribution in [2.75, 3.05) is 31.2 Å². The second-order valence-corrected chi connectivity index (χ2v) is 3.95. The van der Waals surface area contributed by atoms with Crippen molar-refractivity contribution in [2.45, 2.75) is 13.5 Å². The summed E-state index contributed by atoms with van der Waals surface area (Å²) in [5.41, 5.74) is 1.61. The molecule has 1 fully saturated rings. The second-order valence-electron chi connectivity index (χ2n) is 3.95. The van der Waals surface area contributed by atoms with Gasteiger partial charge in [0.1, 0.15) is 5.75 Å². The Labute approximate surface area is 98.9 Å². The van der Waals surface area contributed by atoms with E-state index in [1.165, 1.54) is 0 Å². The lowest BCUT2D eigenvalue weighted by atomic mass is 10.2. The highest BCUT2D eigenvalue weighted by atomic mass is 19.3. The van der Waals surface area contributed by atoms with Gasteiger partial charge in [-0.1, -0.05) is 6.07 Å². The fraction of sp³-hybridized carbons (Fsp3) is 0.500. The van der Waals surface area contributed by atoms with Gasteiger partial charge in [-0.3, -0.25) is 0 Å². The molecule has 1 aromatic rings. The summed E-state index contributed by atoms with van der Waals surface area (Å²) in [7, 11) is 0. The Balaban J connectivity index is 2.24. The van der Waals surface area contributed by atoms with Gasteiger partial charge < -0.3 is 14.4 Å². The Morgan fingerprint density at radius 3 is 2.65 bits per heavy atom. The van der Waals surface area contributed by atoms with Gasteiger partial charge in [0.15, 0.2) is 0 Å². The molecule has 1 aliphatic heterocycles. The van der Waals surface area contributed by atoms with Crippen molar-refractivity contribution in [1.82, 2.24) is 0 Å². The number of morpholine rings is 1. The first-order valence-corrected chi connectivity index (χ1v) is 5.55. The van der Waals surface area contributed by atoms with Crippen molar-refractivity contribution in [3.8, 4) is 5.75 Å². The molecule has 1 heterocycles. The van der Waals surface area contributed by atoms with Crippen molar-refractivity contribution in [2.24, 2.45) is 0 Å². The van der Waals surface area contributed by atoms with Crippen LogP contribution in [0.3, 0.4) is 0 Å². The van der Waals surface area contributed by atoms with Crippen LogP contribution in [0.1, 0.15) is 5.56 Å². The third kappa shape index (κ3) is 3.06. The number of alkyl halides is 2. The molecule has 0 amide bonds. The number of halogens is 2. The van der Waals surface area contributed by atoms with E-state index in [-0.39, 0.29) is 5.75 Å². The van der Waals surface area contributed by atoms with E-state index in [4.69, 9.17) is 4.74 Å². The molecule has 0 unspecified atom stereocenters. The van der Waals surface area contributed by atoms with Gasteiger partial charge in [-0.25, -0.2) is 0 Å². The van der Waals surface area contributed by atoms with Gasteiger partial charge in [0.2, 0.25) is 0 Å². The summed E-state index contributed by atoms with van der Waals surface area (Å²) in [6, 6.07) is 5.35. The van der Waals surface area contributed by atoms with Gasteiger partial charge in [0, 0.05) is 13.1 Å². The highest BCUT2D eigenvalue weighted by Crippen LogP contribution is 2.31. The van der Waals surface area contributed by atoms with Crippen LogP contribution in [0.25, 0.3) is 0 Å². The van der Waals surface area contributed by atoms with Gasteiger partial charge in [-0.2, -0.15) is 8.78 Å². The zero-order chi connectivity index (χ0) is 12.3. The van der Waals surface area contributed by atoms with Crippen molar-refractivity contribution < 1.29 is 18.3 Å². The molecule has 1 aliphatic rings. The lowest BCUT2D eigenvalue weighted by Crippen LogP contribution is -2.36. The maximum atomic E-state index is 12.3. The minimum absolute atomic E-state index is 0.238. The number of rotatable bonds is 3. The van der Waals surface area contributed by atoms with Crippen molar-refractivity contribution >= 4 is 5.69 Å². The van der Waals surface area contributed by atoms with Crippen LogP contribution in [0, 0.1) is 6.92 Å². The topological polar surface area (TPSA) is 21.7 Å². The molecule has 0 aliphatic carbocycles. The largest absolute Gasteiger partial charge is 0.433 e. The summed E-state index contributed by atoms with van der Waals surface area (Å²) in [4.78, 5) is 2.00. The third-order valence-electron chi connectivity index (χ3n) is 2.68. The van der Waals surface area contributed by atoms with Crippen LogP contribution in [0.5, 0.6) is 5.75 Å². The highest BCUT2D eigenvalue weighted by molar-refractivity contribution is 5.60. The van der Waals surface area contributed by atoms with E-state index in [2.05, 4.69) is 4.74 Å². The van der Waals surface area contributed by atoms with Gasteiger partial charge in [0.25, 0.3) is 0 Å². The van der Waals surface area contributed by atoms with Crippen molar-refractivity contribution in [3.05, 3.63) is 23.8 Å². The Morgan fingerprint density at radius 2 is 2.00 bits per heavy atom. The molecule has 0 saturated carbocycles. The van der Waals surface area contributed by atoms with Crippen LogP contribution in [-0.4, -0.2) is 32.9 Å². The molecular formula is C12H15F2NO2. The fourth-order valence-electron chi connectivity index (χ4n) is 1.88. The average molecular weight is 243 g/mol. The predicted molar refractivity (Wildman–Crippen MR) is 60.8 cm³/mol. The lowest BCUT2D eigenvalue weighted by Gasteiger charge is -2.30. The number of benzene rings is 1. The van der Waals surface area contributed by atoms with Crippen molar-refractivity contribution in [3.63, 3.8) is 0 Å². The molecule has 3 nitrogen and oxygen atoms in total. The standard InChI is InChI=1S/C12H15F2NO2/c1-9-2-3-10(11(8-9)17-12(13)14)15-4-6-16-7-5-15/h2-3,8,12H,4-7H2,1H3. The number of nitrogens with zero attached hydrogens (tertiary/aromatic N) is 1. The minimum Gasteiger partial charge on any atom is -0.433 e. The van der Waals surface area contributed by atoms with E-state index < -0.39 is 6.61 Å². The predicted octanol–water partition coefficient (Wildman–Crippen LogP) is 2.43. The summed E-state index contributed by atoms with van der Waals surface area (Å²) in [5, 5.41) is 0. The summed E-state index contributed by atoms with van der Waals surface area (Å²) in [5.74, 6) is 0.238. The first-order chi connectivity index (χ1) is 8.16. The van der Waals surface area contributed by atoms with Gasteiger partial charge in [-0.15, -0.1) is 0 Å². The smallest absolute Gasteiger partial charge is 0.387 e. The fourth-order valence-corrected chi connectivity index (χ4v) is 1.88. The highest BCUT2D eigenvalue weighted by Gasteiger charge is 2.17. The number of hydrogen-bond donors (Lipinski definition) is 0. The average Bonchev–Trinajstić information content (AvgIpc) is 2.29. The van der Waals surface area contributed by atoms with E-state index in [0.717, 1.165) is 5.56 Å². The molecule has 94 valence electrons. The molecule has 0 atom stereocenters. The summed E-state index contributed by atoms with van der Waals surface area (Å²) in [6.07, 6.45) is 0. The van der Waals surface area contributed by atoms with Crippen LogP contribution >= 0.6 is 0 Å². The van der Waals surface area contributed by atoms with Crippen LogP contribution in [0.15, 0.2) is 18.2 Å². The van der Waals surface area contributed by atoms with Crippen LogP contribution in [0.4, 0.5) is 14.5 Å². The molecule has 2 rings (SSSR count). The Morgan fingerprint density at radius 1 is 1.29 bits per heavy atom. The normalized spacial score (nSPS) is 16.4. The molecule has 0 spiro atoms. The summed E-state index contributed by atoms with van der Waals surface area (Å²) in [6.45, 7) is 1.67. The molecule has 1 aromatic carbocycles. The molecule has 1 saturated heterocycles. The number of aryl methyl sites for hydroxylation is 1. The maximum Gasteiger partial charge on any atom is 0.387 e. The van der Waals surface area contributed by atoms with Crippen LogP contribution in [-0.2, 0) is 4.74 Å². The molecule has 17 heavy (non-hydrogen) atoms. The maximum absolute atomic E-state index is 12.3. The van der Waals surface area contributed by atoms with E-state index in [9.17, 15) is 8.78 Å². The van der Waals surface area contributed by atoms with E-state index in [1.807, 2.05) is 24.0 Å². The molecule has 0 radical (unpaired) electrons. The SMILES string of the molecule is Cc1ccc(N2CCOCC2)c(OC(F)F)c1.